The molecular formula is C22H28F3IN4O2. The average Bonchev–Trinajstić information content (AvgIpc) is 2.71. The third kappa shape index (κ3) is 8.93. The number of alkyl halides is 3. The van der Waals surface area contributed by atoms with E-state index >= 15 is 0 Å². The van der Waals surface area contributed by atoms with Crippen LogP contribution in [-0.4, -0.2) is 32.1 Å². The van der Waals surface area contributed by atoms with Gasteiger partial charge in [-0.25, -0.2) is 4.99 Å². The summed E-state index contributed by atoms with van der Waals surface area (Å²) in [5, 5.41) is 9.04. The molecule has 2 aromatic rings. The highest BCUT2D eigenvalue weighted by Gasteiger charge is 2.29. The predicted molar refractivity (Wildman–Crippen MR) is 131 cm³/mol. The number of nitrogens with one attached hydrogen (secondary N) is 3. The zero-order chi connectivity index (χ0) is 22.9. The van der Waals surface area contributed by atoms with Crippen LogP contribution in [0.3, 0.4) is 0 Å². The van der Waals surface area contributed by atoms with E-state index < -0.39 is 11.7 Å². The van der Waals surface area contributed by atoms with Crippen LogP contribution in [0.2, 0.25) is 0 Å². The monoisotopic (exact) mass is 564 g/mol. The van der Waals surface area contributed by atoms with Crippen molar-refractivity contribution in [3.05, 3.63) is 59.2 Å². The molecule has 0 saturated carbocycles. The highest BCUT2D eigenvalue weighted by atomic mass is 127. The van der Waals surface area contributed by atoms with Gasteiger partial charge in [0.2, 0.25) is 5.91 Å². The molecule has 176 valence electrons. The number of carbonyl (C=O) groups excluding carboxylic acids is 1. The number of methoxy groups -OCH3 is 1. The normalized spacial score (nSPS) is 11.4. The van der Waals surface area contributed by atoms with Crippen molar-refractivity contribution in [1.29, 1.82) is 0 Å². The number of nitrogens with zero attached hydrogens (tertiary/aromatic N) is 1. The van der Waals surface area contributed by atoms with E-state index in [-0.39, 0.29) is 29.9 Å². The van der Waals surface area contributed by atoms with Crippen molar-refractivity contribution in [3.8, 4) is 5.75 Å². The Hall–Kier alpha value is -2.50. The Balaban J connectivity index is 0.00000512. The highest BCUT2D eigenvalue weighted by Crippen LogP contribution is 2.29. The van der Waals surface area contributed by atoms with Crippen LogP contribution >= 0.6 is 24.0 Å². The minimum absolute atomic E-state index is 0. The molecule has 10 heteroatoms. The number of hydrogen-bond acceptors (Lipinski definition) is 3. The smallest absolute Gasteiger partial charge is 0.416 e. The van der Waals surface area contributed by atoms with Crippen LogP contribution in [0.25, 0.3) is 0 Å². The molecule has 1 amide bonds. The number of rotatable bonds is 8. The van der Waals surface area contributed by atoms with Gasteiger partial charge in [-0.15, -0.1) is 24.0 Å². The van der Waals surface area contributed by atoms with Crippen LogP contribution in [0, 0.1) is 0 Å². The Labute approximate surface area is 203 Å². The Bertz CT molecular complexity index is 903. The number of halogens is 4. The van der Waals surface area contributed by atoms with Crippen molar-refractivity contribution >= 4 is 41.5 Å². The first-order chi connectivity index (χ1) is 14.7. The SMILES string of the molecule is CCNC(=NCc1ccc(OC)c(NC(C)=O)c1)NCCc1ccc(C(F)(F)F)cc1.I. The average molecular weight is 564 g/mol. The number of carbonyl (C=O) groups is 1. The molecule has 6 nitrogen and oxygen atoms in total. The highest BCUT2D eigenvalue weighted by molar-refractivity contribution is 14.0. The second-order valence-electron chi connectivity index (χ2n) is 6.78. The summed E-state index contributed by atoms with van der Waals surface area (Å²) in [5.41, 5.74) is 1.59. The second kappa shape index (κ2) is 13.1. The Morgan fingerprint density at radius 3 is 2.28 bits per heavy atom. The van der Waals surface area contributed by atoms with Gasteiger partial charge in [-0.05, 0) is 48.7 Å². The summed E-state index contributed by atoms with van der Waals surface area (Å²) in [5.74, 6) is 0.952. The van der Waals surface area contributed by atoms with E-state index in [9.17, 15) is 18.0 Å². The Morgan fingerprint density at radius 1 is 1.06 bits per heavy atom. The molecule has 0 saturated heterocycles. The summed E-state index contributed by atoms with van der Waals surface area (Å²) in [4.78, 5) is 15.9. The number of guanidine groups is 1. The molecule has 0 radical (unpaired) electrons. The first-order valence-corrected chi connectivity index (χ1v) is 9.85. The van der Waals surface area contributed by atoms with Gasteiger partial charge < -0.3 is 20.7 Å². The number of aliphatic imine (C=N–C) groups is 1. The number of hydrogen-bond donors (Lipinski definition) is 3. The van der Waals surface area contributed by atoms with Gasteiger partial charge >= 0.3 is 6.18 Å². The molecule has 0 aromatic heterocycles. The van der Waals surface area contributed by atoms with Crippen LogP contribution in [0.15, 0.2) is 47.5 Å². The van der Waals surface area contributed by atoms with E-state index in [1.165, 1.54) is 26.2 Å². The third-order valence-electron chi connectivity index (χ3n) is 4.33. The van der Waals surface area contributed by atoms with Crippen molar-refractivity contribution in [2.45, 2.75) is 33.0 Å². The summed E-state index contributed by atoms with van der Waals surface area (Å²) in [6, 6.07) is 10.6. The molecule has 32 heavy (non-hydrogen) atoms. The zero-order valence-electron chi connectivity index (χ0n) is 18.2. The van der Waals surface area contributed by atoms with Crippen LogP contribution < -0.4 is 20.7 Å². The number of benzene rings is 2. The molecule has 0 unspecified atom stereocenters. The van der Waals surface area contributed by atoms with E-state index in [1.807, 2.05) is 13.0 Å². The third-order valence-corrected chi connectivity index (χ3v) is 4.33. The van der Waals surface area contributed by atoms with Crippen molar-refractivity contribution in [1.82, 2.24) is 10.6 Å². The van der Waals surface area contributed by atoms with Gasteiger partial charge in [0.25, 0.3) is 0 Å². The summed E-state index contributed by atoms with van der Waals surface area (Å²) in [6.07, 6.45) is -3.78. The van der Waals surface area contributed by atoms with Gasteiger partial charge in [0.15, 0.2) is 5.96 Å². The lowest BCUT2D eigenvalue weighted by Crippen LogP contribution is -2.38. The maximum absolute atomic E-state index is 12.7. The Kier molecular flexibility index (Phi) is 11.3. The van der Waals surface area contributed by atoms with E-state index in [1.54, 1.807) is 12.1 Å². The van der Waals surface area contributed by atoms with Gasteiger partial charge in [-0.3, -0.25) is 4.79 Å². The molecular weight excluding hydrogens is 536 g/mol. The molecule has 0 atom stereocenters. The fourth-order valence-electron chi connectivity index (χ4n) is 2.84. The molecule has 0 aliphatic heterocycles. The largest absolute Gasteiger partial charge is 0.495 e. The quantitative estimate of drug-likeness (QED) is 0.249. The van der Waals surface area contributed by atoms with Gasteiger partial charge in [0, 0.05) is 20.0 Å². The van der Waals surface area contributed by atoms with Crippen LogP contribution in [-0.2, 0) is 23.9 Å². The maximum Gasteiger partial charge on any atom is 0.416 e. The lowest BCUT2D eigenvalue weighted by atomic mass is 10.1. The standard InChI is InChI=1S/C22H27F3N4O2.HI/c1-4-26-21(27-12-11-16-5-8-18(9-6-16)22(23,24)25)28-14-17-7-10-20(31-3)19(13-17)29-15(2)30;/h5-10,13H,4,11-12,14H2,1-3H3,(H,29,30)(H2,26,27,28);1H. The first kappa shape index (κ1) is 27.5. The lowest BCUT2D eigenvalue weighted by Gasteiger charge is -2.13. The van der Waals surface area contributed by atoms with Gasteiger partial charge in [-0.1, -0.05) is 18.2 Å². The molecule has 2 rings (SSSR count). The topological polar surface area (TPSA) is 74.8 Å². The van der Waals surface area contributed by atoms with Crippen LogP contribution in [0.5, 0.6) is 5.75 Å². The van der Waals surface area contributed by atoms with E-state index in [2.05, 4.69) is 20.9 Å². The van der Waals surface area contributed by atoms with Crippen molar-refractivity contribution in [3.63, 3.8) is 0 Å². The molecule has 0 aliphatic carbocycles. The Morgan fingerprint density at radius 2 is 1.72 bits per heavy atom. The number of amides is 1. The maximum atomic E-state index is 12.7. The van der Waals surface area contributed by atoms with Crippen LogP contribution in [0.1, 0.15) is 30.5 Å². The second-order valence-corrected chi connectivity index (χ2v) is 6.78. The lowest BCUT2D eigenvalue weighted by molar-refractivity contribution is -0.137. The first-order valence-electron chi connectivity index (χ1n) is 9.85. The number of anilines is 1. The van der Waals surface area contributed by atoms with Gasteiger partial charge in [-0.2, -0.15) is 13.2 Å². The van der Waals surface area contributed by atoms with E-state index in [0.717, 1.165) is 23.3 Å². The van der Waals surface area contributed by atoms with Crippen molar-refractivity contribution in [2.75, 3.05) is 25.5 Å². The fraction of sp³-hybridized carbons (Fsp3) is 0.364. The summed E-state index contributed by atoms with van der Waals surface area (Å²) in [7, 11) is 1.53. The van der Waals surface area contributed by atoms with E-state index in [4.69, 9.17) is 4.74 Å². The fourth-order valence-corrected chi connectivity index (χ4v) is 2.84. The zero-order valence-corrected chi connectivity index (χ0v) is 20.5. The van der Waals surface area contributed by atoms with Crippen LogP contribution in [0.4, 0.5) is 18.9 Å². The summed E-state index contributed by atoms with van der Waals surface area (Å²) >= 11 is 0. The molecule has 2 aromatic carbocycles. The molecule has 0 bridgehead atoms. The molecule has 0 fully saturated rings. The molecule has 0 spiro atoms. The summed E-state index contributed by atoms with van der Waals surface area (Å²) in [6.45, 7) is 4.90. The molecule has 3 N–H and O–H groups in total. The minimum Gasteiger partial charge on any atom is -0.495 e. The summed E-state index contributed by atoms with van der Waals surface area (Å²) < 4.78 is 43.2. The predicted octanol–water partition coefficient (Wildman–Crippen LogP) is 4.59. The van der Waals surface area contributed by atoms with Gasteiger partial charge in [0.05, 0.1) is 24.9 Å². The number of ether oxygens (including phenoxy) is 1. The van der Waals surface area contributed by atoms with Gasteiger partial charge in [0.1, 0.15) is 5.75 Å². The molecule has 0 heterocycles. The van der Waals surface area contributed by atoms with Crippen molar-refractivity contribution < 1.29 is 22.7 Å². The van der Waals surface area contributed by atoms with Crippen molar-refractivity contribution in [2.24, 2.45) is 4.99 Å². The molecule has 0 aliphatic rings. The van der Waals surface area contributed by atoms with E-state index in [0.29, 0.717) is 43.5 Å². The minimum atomic E-state index is -4.33.